The molecule has 0 saturated carbocycles. The molecule has 2 nitrogen and oxygen atoms in total. The summed E-state index contributed by atoms with van der Waals surface area (Å²) < 4.78 is 35.4. The third kappa shape index (κ3) is 4.26. The van der Waals surface area contributed by atoms with Crippen LogP contribution in [0.3, 0.4) is 0 Å². The standard InChI is InChI=1S/C23H24F2O2/c1-3-4-10-19-18-12-11-16(2)15-20(18)22(26)27-21(19)23(24,25)14-13-17-8-6-5-7-9-17/h5-9,11-12,15H,3-4,10,13-14H2,1-2H3. The molecule has 4 heteroatoms. The van der Waals surface area contributed by atoms with Gasteiger partial charge in [-0.15, -0.1) is 0 Å². The Hall–Kier alpha value is -2.49. The summed E-state index contributed by atoms with van der Waals surface area (Å²) >= 11 is 0. The number of fused-ring (bicyclic) bond motifs is 1. The number of benzene rings is 2. The summed E-state index contributed by atoms with van der Waals surface area (Å²) in [5, 5.41) is 0.961. The summed E-state index contributed by atoms with van der Waals surface area (Å²) in [6.07, 6.45) is 1.93. The minimum Gasteiger partial charge on any atom is -0.421 e. The van der Waals surface area contributed by atoms with Crippen LogP contribution in [0.5, 0.6) is 0 Å². The van der Waals surface area contributed by atoms with Gasteiger partial charge in [0, 0.05) is 12.0 Å². The lowest BCUT2D eigenvalue weighted by Crippen LogP contribution is -2.21. The second-order valence-electron chi connectivity index (χ2n) is 7.04. The van der Waals surface area contributed by atoms with Crippen LogP contribution in [0.1, 0.15) is 48.6 Å². The highest BCUT2D eigenvalue weighted by molar-refractivity contribution is 5.85. The molecule has 0 aliphatic rings. The van der Waals surface area contributed by atoms with Gasteiger partial charge in [-0.1, -0.05) is 61.4 Å². The normalized spacial score (nSPS) is 11.9. The smallest absolute Gasteiger partial charge is 0.344 e. The van der Waals surface area contributed by atoms with Crippen LogP contribution in [0.25, 0.3) is 10.8 Å². The van der Waals surface area contributed by atoms with Crippen molar-refractivity contribution in [3.63, 3.8) is 0 Å². The van der Waals surface area contributed by atoms with E-state index in [4.69, 9.17) is 4.42 Å². The summed E-state index contributed by atoms with van der Waals surface area (Å²) in [7, 11) is 0. The minimum atomic E-state index is -3.20. The molecule has 0 fully saturated rings. The number of rotatable bonds is 7. The predicted octanol–water partition coefficient (Wildman–Crippen LogP) is 6.17. The fourth-order valence-electron chi connectivity index (χ4n) is 3.38. The summed E-state index contributed by atoms with van der Waals surface area (Å²) in [4.78, 5) is 12.4. The molecule has 0 N–H and O–H groups in total. The minimum absolute atomic E-state index is 0.219. The Morgan fingerprint density at radius 2 is 1.74 bits per heavy atom. The van der Waals surface area contributed by atoms with Gasteiger partial charge in [0.05, 0.1) is 5.39 Å². The molecule has 0 bridgehead atoms. The van der Waals surface area contributed by atoms with Gasteiger partial charge in [-0.3, -0.25) is 0 Å². The Kier molecular flexibility index (Phi) is 5.73. The number of unbranched alkanes of at least 4 members (excludes halogenated alkanes) is 1. The van der Waals surface area contributed by atoms with Gasteiger partial charge < -0.3 is 4.42 Å². The fraction of sp³-hybridized carbons (Fsp3) is 0.348. The Labute approximate surface area is 157 Å². The van der Waals surface area contributed by atoms with Crippen molar-refractivity contribution in [2.45, 2.75) is 51.9 Å². The van der Waals surface area contributed by atoms with E-state index in [1.807, 2.05) is 50.2 Å². The molecule has 27 heavy (non-hydrogen) atoms. The van der Waals surface area contributed by atoms with E-state index in [0.29, 0.717) is 22.8 Å². The van der Waals surface area contributed by atoms with Crippen LogP contribution in [0.2, 0.25) is 0 Å². The topological polar surface area (TPSA) is 30.2 Å². The molecule has 1 aromatic heterocycles. The third-order valence-electron chi connectivity index (χ3n) is 4.87. The van der Waals surface area contributed by atoms with E-state index < -0.39 is 23.7 Å². The average Bonchev–Trinajstić information content (AvgIpc) is 2.66. The molecule has 0 aliphatic carbocycles. The Bertz CT molecular complexity index is 975. The summed E-state index contributed by atoms with van der Waals surface area (Å²) in [5.41, 5.74) is 1.51. The van der Waals surface area contributed by atoms with Gasteiger partial charge in [-0.2, -0.15) is 8.78 Å². The van der Waals surface area contributed by atoms with Crippen molar-refractivity contribution < 1.29 is 13.2 Å². The number of hydrogen-bond acceptors (Lipinski definition) is 2. The Balaban J connectivity index is 2.05. The van der Waals surface area contributed by atoms with Gasteiger partial charge in [0.25, 0.3) is 0 Å². The first kappa shape index (κ1) is 19.3. The van der Waals surface area contributed by atoms with E-state index in [9.17, 15) is 4.79 Å². The molecule has 0 radical (unpaired) electrons. The van der Waals surface area contributed by atoms with Crippen molar-refractivity contribution in [3.05, 3.63) is 81.4 Å². The number of halogens is 2. The zero-order valence-corrected chi connectivity index (χ0v) is 15.7. The summed E-state index contributed by atoms with van der Waals surface area (Å²) in [6, 6.07) is 14.5. The van der Waals surface area contributed by atoms with E-state index in [1.54, 1.807) is 12.1 Å². The summed E-state index contributed by atoms with van der Waals surface area (Å²) in [5.74, 6) is -3.66. The van der Waals surface area contributed by atoms with Gasteiger partial charge in [0.1, 0.15) is 0 Å². The summed E-state index contributed by atoms with van der Waals surface area (Å²) in [6.45, 7) is 3.88. The van der Waals surface area contributed by atoms with Gasteiger partial charge >= 0.3 is 11.5 Å². The lowest BCUT2D eigenvalue weighted by molar-refractivity contribution is -0.0371. The van der Waals surface area contributed by atoms with E-state index in [2.05, 4.69) is 0 Å². The van der Waals surface area contributed by atoms with Crippen molar-refractivity contribution in [2.24, 2.45) is 0 Å². The fourth-order valence-corrected chi connectivity index (χ4v) is 3.38. The number of alkyl halides is 2. The maximum Gasteiger partial charge on any atom is 0.344 e. The molecule has 0 unspecified atom stereocenters. The molecule has 142 valence electrons. The second-order valence-corrected chi connectivity index (χ2v) is 7.04. The first-order chi connectivity index (χ1) is 12.9. The van der Waals surface area contributed by atoms with Gasteiger partial charge in [0.2, 0.25) is 0 Å². The number of hydrogen-bond donors (Lipinski definition) is 0. The van der Waals surface area contributed by atoms with Crippen molar-refractivity contribution in [2.75, 3.05) is 0 Å². The average molecular weight is 370 g/mol. The van der Waals surface area contributed by atoms with Crippen molar-refractivity contribution in [1.29, 1.82) is 0 Å². The lowest BCUT2D eigenvalue weighted by atomic mass is 9.95. The SMILES string of the molecule is CCCCc1c(C(F)(F)CCc2ccccc2)oc(=O)c2cc(C)ccc12. The van der Waals surface area contributed by atoms with Crippen LogP contribution >= 0.6 is 0 Å². The highest BCUT2D eigenvalue weighted by Gasteiger charge is 2.38. The molecule has 0 amide bonds. The highest BCUT2D eigenvalue weighted by Crippen LogP contribution is 2.37. The van der Waals surface area contributed by atoms with Crippen LogP contribution in [0.4, 0.5) is 8.78 Å². The number of aryl methyl sites for hydroxylation is 3. The lowest BCUT2D eigenvalue weighted by Gasteiger charge is -2.20. The van der Waals surface area contributed by atoms with Crippen LogP contribution in [0.15, 0.2) is 57.7 Å². The molecule has 2 aromatic carbocycles. The van der Waals surface area contributed by atoms with E-state index in [0.717, 1.165) is 24.0 Å². The largest absolute Gasteiger partial charge is 0.421 e. The van der Waals surface area contributed by atoms with Gasteiger partial charge in [-0.05, 0) is 43.2 Å². The van der Waals surface area contributed by atoms with Crippen molar-refractivity contribution >= 4 is 10.8 Å². The maximum atomic E-state index is 15.1. The van der Waals surface area contributed by atoms with Crippen LogP contribution in [0, 0.1) is 6.92 Å². The van der Waals surface area contributed by atoms with Crippen LogP contribution in [-0.2, 0) is 18.8 Å². The quantitative estimate of drug-likeness (QED) is 0.498. The molecule has 0 spiro atoms. The second kappa shape index (κ2) is 8.03. The van der Waals surface area contributed by atoms with Gasteiger partial charge in [0.15, 0.2) is 5.76 Å². The van der Waals surface area contributed by atoms with Crippen molar-refractivity contribution in [1.82, 2.24) is 0 Å². The Morgan fingerprint density at radius 1 is 1.00 bits per heavy atom. The first-order valence-corrected chi connectivity index (χ1v) is 9.41. The third-order valence-corrected chi connectivity index (χ3v) is 4.87. The molecule has 3 rings (SSSR count). The molecule has 1 heterocycles. The maximum absolute atomic E-state index is 15.1. The monoisotopic (exact) mass is 370 g/mol. The molecular formula is C23H24F2O2. The molecule has 0 atom stereocenters. The predicted molar refractivity (Wildman–Crippen MR) is 104 cm³/mol. The van der Waals surface area contributed by atoms with Crippen LogP contribution < -0.4 is 5.63 Å². The van der Waals surface area contributed by atoms with E-state index in [-0.39, 0.29) is 6.42 Å². The first-order valence-electron chi connectivity index (χ1n) is 9.41. The molecule has 0 aliphatic heterocycles. The molecule has 0 saturated heterocycles. The van der Waals surface area contributed by atoms with Crippen molar-refractivity contribution in [3.8, 4) is 0 Å². The van der Waals surface area contributed by atoms with E-state index in [1.165, 1.54) is 0 Å². The van der Waals surface area contributed by atoms with E-state index >= 15 is 8.78 Å². The zero-order chi connectivity index (χ0) is 19.4. The molecule has 3 aromatic rings. The highest BCUT2D eigenvalue weighted by atomic mass is 19.3. The molecular weight excluding hydrogens is 346 g/mol. The van der Waals surface area contributed by atoms with Gasteiger partial charge in [-0.25, -0.2) is 4.79 Å². The Morgan fingerprint density at radius 3 is 2.44 bits per heavy atom. The zero-order valence-electron chi connectivity index (χ0n) is 15.7. The van der Waals surface area contributed by atoms with Crippen LogP contribution in [-0.4, -0.2) is 0 Å².